The van der Waals surface area contributed by atoms with Crippen LogP contribution in [-0.2, 0) is 4.79 Å². The summed E-state index contributed by atoms with van der Waals surface area (Å²) in [4.78, 5) is 12.0. The predicted octanol–water partition coefficient (Wildman–Crippen LogP) is 3.41. The Morgan fingerprint density at radius 2 is 1.81 bits per heavy atom. The molecule has 1 aromatic rings. The molecule has 1 unspecified atom stereocenters. The largest absolute Gasteiger partial charge is 0.497 e. The number of methoxy groups -OCH3 is 1. The fraction of sp³-hybridized carbons (Fsp3) is 0.500. The highest BCUT2D eigenvalue weighted by Gasteiger charge is 2.20. The average Bonchev–Trinajstić information content (AvgIpc) is 2.30. The van der Waals surface area contributed by atoms with Gasteiger partial charge in [-0.25, -0.2) is 0 Å². The van der Waals surface area contributed by atoms with Gasteiger partial charge in [-0.1, -0.05) is 32.9 Å². The molecule has 0 N–H and O–H groups in total. The normalized spacial score (nSPS) is 12.6. The maximum Gasteiger partial charge on any atom is 0.142 e. The van der Waals surface area contributed by atoms with Crippen molar-refractivity contribution in [2.24, 2.45) is 5.92 Å². The van der Waals surface area contributed by atoms with Crippen molar-refractivity contribution in [3.63, 3.8) is 0 Å². The molecule has 0 radical (unpaired) electrons. The Bertz CT molecular complexity index is 338. The average molecular weight is 220 g/mol. The lowest BCUT2D eigenvalue weighted by molar-refractivity contribution is -0.123. The van der Waals surface area contributed by atoms with Gasteiger partial charge in [-0.2, -0.15) is 0 Å². The number of Topliss-reactive ketones (excluding diaryl/α,β-unsaturated/α-hetero) is 1. The van der Waals surface area contributed by atoms with Crippen LogP contribution in [0.3, 0.4) is 0 Å². The number of hydrogen-bond donors (Lipinski definition) is 0. The topological polar surface area (TPSA) is 26.3 Å². The Morgan fingerprint density at radius 1 is 1.25 bits per heavy atom. The quantitative estimate of drug-likeness (QED) is 0.760. The zero-order chi connectivity index (χ0) is 12.1. The van der Waals surface area contributed by atoms with Crippen LogP contribution in [0.15, 0.2) is 24.3 Å². The van der Waals surface area contributed by atoms with E-state index >= 15 is 0 Å². The molecular weight excluding hydrogens is 200 g/mol. The summed E-state index contributed by atoms with van der Waals surface area (Å²) < 4.78 is 5.11. The van der Waals surface area contributed by atoms with Crippen LogP contribution >= 0.6 is 0 Å². The van der Waals surface area contributed by atoms with Crippen LogP contribution in [0, 0.1) is 5.92 Å². The molecule has 1 rings (SSSR count). The number of carbonyl (C=O) groups excluding carboxylic acids is 1. The van der Waals surface area contributed by atoms with Gasteiger partial charge in [0.1, 0.15) is 11.5 Å². The van der Waals surface area contributed by atoms with E-state index in [0.717, 1.165) is 17.7 Å². The fourth-order valence-corrected chi connectivity index (χ4v) is 1.84. The van der Waals surface area contributed by atoms with Crippen molar-refractivity contribution in [3.8, 4) is 5.75 Å². The van der Waals surface area contributed by atoms with Gasteiger partial charge in [0.15, 0.2) is 0 Å². The van der Waals surface area contributed by atoms with E-state index in [1.807, 2.05) is 38.1 Å². The lowest BCUT2D eigenvalue weighted by atomic mass is 9.87. The molecule has 0 saturated heterocycles. The van der Waals surface area contributed by atoms with E-state index in [-0.39, 0.29) is 11.8 Å². The number of ether oxygens (including phenoxy) is 1. The second-order valence-corrected chi connectivity index (χ2v) is 4.29. The zero-order valence-corrected chi connectivity index (χ0v) is 10.5. The highest BCUT2D eigenvalue weighted by Crippen LogP contribution is 2.25. The van der Waals surface area contributed by atoms with Crippen LogP contribution in [0.2, 0.25) is 0 Å². The van der Waals surface area contributed by atoms with Crippen molar-refractivity contribution in [1.29, 1.82) is 0 Å². The van der Waals surface area contributed by atoms with Gasteiger partial charge in [-0.3, -0.25) is 4.79 Å². The van der Waals surface area contributed by atoms with E-state index in [2.05, 4.69) is 6.92 Å². The van der Waals surface area contributed by atoms with E-state index < -0.39 is 0 Å². The summed E-state index contributed by atoms with van der Waals surface area (Å²) in [6.07, 6.45) is 0.851. The maximum absolute atomic E-state index is 12.0. The zero-order valence-electron chi connectivity index (χ0n) is 10.5. The van der Waals surface area contributed by atoms with Gasteiger partial charge in [0.05, 0.1) is 7.11 Å². The Labute approximate surface area is 97.6 Å². The summed E-state index contributed by atoms with van der Waals surface area (Å²) in [5.74, 6) is 1.25. The van der Waals surface area contributed by atoms with Crippen LogP contribution in [0.25, 0.3) is 0 Å². The van der Waals surface area contributed by atoms with E-state index in [1.165, 1.54) is 0 Å². The van der Waals surface area contributed by atoms with Crippen LogP contribution < -0.4 is 4.74 Å². The molecule has 2 heteroatoms. The molecule has 0 heterocycles. The molecule has 1 aromatic carbocycles. The Balaban J connectivity index is 2.91. The van der Waals surface area contributed by atoms with Gasteiger partial charge in [0, 0.05) is 11.8 Å². The molecule has 0 saturated carbocycles. The third kappa shape index (κ3) is 2.84. The van der Waals surface area contributed by atoms with Crippen molar-refractivity contribution in [2.75, 3.05) is 7.11 Å². The number of carbonyl (C=O) groups is 1. The summed E-state index contributed by atoms with van der Waals surface area (Å²) in [6.45, 7) is 5.96. The molecular formula is C14H20O2. The minimum absolute atomic E-state index is 0.0194. The van der Waals surface area contributed by atoms with Crippen molar-refractivity contribution in [1.82, 2.24) is 0 Å². The lowest BCUT2D eigenvalue weighted by Crippen LogP contribution is -2.17. The Kier molecular flexibility index (Phi) is 4.53. The molecule has 0 aromatic heterocycles. The van der Waals surface area contributed by atoms with Gasteiger partial charge in [0.25, 0.3) is 0 Å². The Hall–Kier alpha value is -1.31. The van der Waals surface area contributed by atoms with Crippen molar-refractivity contribution < 1.29 is 9.53 Å². The number of rotatable bonds is 5. The second kappa shape index (κ2) is 5.69. The van der Waals surface area contributed by atoms with Gasteiger partial charge in [-0.05, 0) is 24.1 Å². The Morgan fingerprint density at radius 3 is 2.19 bits per heavy atom. The highest BCUT2D eigenvalue weighted by atomic mass is 16.5. The summed E-state index contributed by atoms with van der Waals surface area (Å²) in [7, 11) is 1.64. The molecule has 0 aliphatic heterocycles. The molecule has 16 heavy (non-hydrogen) atoms. The fourth-order valence-electron chi connectivity index (χ4n) is 1.84. The third-order valence-electron chi connectivity index (χ3n) is 2.84. The van der Waals surface area contributed by atoms with E-state index in [9.17, 15) is 4.79 Å². The highest BCUT2D eigenvalue weighted by molar-refractivity contribution is 5.87. The lowest BCUT2D eigenvalue weighted by Gasteiger charge is -2.16. The van der Waals surface area contributed by atoms with Crippen LogP contribution in [-0.4, -0.2) is 12.9 Å². The molecule has 0 spiro atoms. The molecule has 0 bridgehead atoms. The van der Waals surface area contributed by atoms with E-state index in [0.29, 0.717) is 5.78 Å². The first-order valence-corrected chi connectivity index (χ1v) is 5.77. The molecule has 0 aliphatic carbocycles. The second-order valence-electron chi connectivity index (χ2n) is 4.29. The number of benzene rings is 1. The van der Waals surface area contributed by atoms with Crippen LogP contribution in [0.5, 0.6) is 5.75 Å². The van der Waals surface area contributed by atoms with E-state index in [1.54, 1.807) is 7.11 Å². The van der Waals surface area contributed by atoms with Crippen LogP contribution in [0.1, 0.15) is 38.7 Å². The van der Waals surface area contributed by atoms with Crippen molar-refractivity contribution in [2.45, 2.75) is 33.1 Å². The van der Waals surface area contributed by atoms with Gasteiger partial charge in [0.2, 0.25) is 0 Å². The summed E-state index contributed by atoms with van der Waals surface area (Å²) >= 11 is 0. The van der Waals surface area contributed by atoms with Crippen molar-refractivity contribution in [3.05, 3.63) is 29.8 Å². The van der Waals surface area contributed by atoms with Gasteiger partial charge < -0.3 is 4.74 Å². The summed E-state index contributed by atoms with van der Waals surface area (Å²) in [6, 6.07) is 7.78. The van der Waals surface area contributed by atoms with E-state index in [4.69, 9.17) is 4.74 Å². The number of hydrogen-bond acceptors (Lipinski definition) is 2. The molecule has 0 amide bonds. The minimum Gasteiger partial charge on any atom is -0.497 e. The first-order chi connectivity index (χ1) is 7.60. The third-order valence-corrected chi connectivity index (χ3v) is 2.84. The summed E-state index contributed by atoms with van der Waals surface area (Å²) in [5.41, 5.74) is 1.09. The minimum atomic E-state index is 0.0194. The standard InChI is InChI=1S/C14H20O2/c1-5-13(14(15)10(2)3)11-6-8-12(16-4)9-7-11/h6-10,13H,5H2,1-4H3. The monoisotopic (exact) mass is 220 g/mol. The molecule has 1 atom stereocenters. The predicted molar refractivity (Wildman–Crippen MR) is 65.9 cm³/mol. The van der Waals surface area contributed by atoms with Gasteiger partial charge >= 0.3 is 0 Å². The number of ketones is 1. The summed E-state index contributed by atoms with van der Waals surface area (Å²) in [5, 5.41) is 0. The first-order valence-electron chi connectivity index (χ1n) is 5.77. The maximum atomic E-state index is 12.0. The van der Waals surface area contributed by atoms with Crippen LogP contribution in [0.4, 0.5) is 0 Å². The van der Waals surface area contributed by atoms with Crippen molar-refractivity contribution >= 4 is 5.78 Å². The molecule has 0 aliphatic rings. The SMILES string of the molecule is CCC(C(=O)C(C)C)c1ccc(OC)cc1. The molecule has 0 fully saturated rings. The van der Waals surface area contributed by atoms with Gasteiger partial charge in [-0.15, -0.1) is 0 Å². The smallest absolute Gasteiger partial charge is 0.142 e. The molecule has 2 nitrogen and oxygen atoms in total. The first kappa shape index (κ1) is 12.8. The molecule has 88 valence electrons.